The van der Waals surface area contributed by atoms with Crippen LogP contribution in [0.15, 0.2) is 48.7 Å². The maximum absolute atomic E-state index is 13.8. The van der Waals surface area contributed by atoms with Gasteiger partial charge < -0.3 is 10.3 Å². The fraction of sp³-hybridized carbons (Fsp3) is 0.0625. The molecule has 0 bridgehead atoms. The molecule has 0 spiro atoms. The zero-order valence-electron chi connectivity index (χ0n) is 10.7. The van der Waals surface area contributed by atoms with Gasteiger partial charge in [0.05, 0.1) is 23.7 Å². The maximum atomic E-state index is 13.8. The highest BCUT2D eigenvalue weighted by Gasteiger charge is 2.08. The molecule has 3 rings (SSSR count). The number of nitrogens with zero attached hydrogens (tertiary/aromatic N) is 2. The fourth-order valence-electron chi connectivity index (χ4n) is 2.33. The molecule has 1 heterocycles. The number of rotatable bonds is 2. The molecule has 0 radical (unpaired) electrons. The van der Waals surface area contributed by atoms with Gasteiger partial charge in [-0.2, -0.15) is 5.26 Å². The number of halogens is 1. The van der Waals surface area contributed by atoms with Crippen molar-refractivity contribution in [2.45, 2.75) is 6.54 Å². The highest BCUT2D eigenvalue weighted by molar-refractivity contribution is 5.91. The van der Waals surface area contributed by atoms with Crippen molar-refractivity contribution in [1.82, 2.24) is 4.57 Å². The lowest BCUT2D eigenvalue weighted by Crippen LogP contribution is -2.01. The Bertz CT molecular complexity index is 827. The van der Waals surface area contributed by atoms with Crippen molar-refractivity contribution >= 4 is 16.6 Å². The molecule has 3 nitrogen and oxygen atoms in total. The van der Waals surface area contributed by atoms with Crippen LogP contribution in [0.3, 0.4) is 0 Å². The zero-order valence-corrected chi connectivity index (χ0v) is 10.7. The third-order valence-electron chi connectivity index (χ3n) is 3.36. The predicted molar refractivity (Wildman–Crippen MR) is 76.6 cm³/mol. The summed E-state index contributed by atoms with van der Waals surface area (Å²) in [7, 11) is 0. The summed E-state index contributed by atoms with van der Waals surface area (Å²) in [5.74, 6) is -0.310. The monoisotopic (exact) mass is 265 g/mol. The number of fused-ring (bicyclic) bond motifs is 1. The van der Waals surface area contributed by atoms with Gasteiger partial charge in [0.15, 0.2) is 0 Å². The summed E-state index contributed by atoms with van der Waals surface area (Å²) in [4.78, 5) is 0. The number of hydrogen-bond donors (Lipinski definition) is 1. The summed E-state index contributed by atoms with van der Waals surface area (Å²) < 4.78 is 15.8. The van der Waals surface area contributed by atoms with Gasteiger partial charge in [-0.25, -0.2) is 4.39 Å². The van der Waals surface area contributed by atoms with Crippen LogP contribution in [-0.4, -0.2) is 4.57 Å². The van der Waals surface area contributed by atoms with Crippen molar-refractivity contribution in [1.29, 1.82) is 5.26 Å². The van der Waals surface area contributed by atoms with Crippen LogP contribution in [0.2, 0.25) is 0 Å². The van der Waals surface area contributed by atoms with Gasteiger partial charge in [-0.05, 0) is 36.4 Å². The first-order chi connectivity index (χ1) is 9.69. The van der Waals surface area contributed by atoms with E-state index in [1.165, 1.54) is 12.1 Å². The van der Waals surface area contributed by atoms with Gasteiger partial charge in [-0.1, -0.05) is 6.07 Å². The van der Waals surface area contributed by atoms with Crippen LogP contribution >= 0.6 is 0 Å². The summed E-state index contributed by atoms with van der Waals surface area (Å²) in [5.41, 5.74) is 8.51. The van der Waals surface area contributed by atoms with E-state index in [4.69, 9.17) is 11.0 Å². The number of nitrogen functional groups attached to an aromatic ring is 1. The first kappa shape index (κ1) is 12.2. The summed E-state index contributed by atoms with van der Waals surface area (Å²) in [5, 5.41) is 9.84. The Kier molecular flexibility index (Phi) is 2.88. The van der Waals surface area contributed by atoms with Gasteiger partial charge in [-0.3, -0.25) is 0 Å². The first-order valence-corrected chi connectivity index (χ1v) is 6.21. The van der Waals surface area contributed by atoms with E-state index in [1.807, 2.05) is 41.1 Å². The average molecular weight is 265 g/mol. The number of hydrogen-bond acceptors (Lipinski definition) is 2. The van der Waals surface area contributed by atoms with E-state index in [-0.39, 0.29) is 5.82 Å². The van der Waals surface area contributed by atoms with Crippen molar-refractivity contribution < 1.29 is 4.39 Å². The van der Waals surface area contributed by atoms with Crippen molar-refractivity contribution in [3.8, 4) is 6.07 Å². The van der Waals surface area contributed by atoms with E-state index in [0.29, 0.717) is 23.4 Å². The largest absolute Gasteiger partial charge is 0.398 e. The predicted octanol–water partition coefficient (Wildman–Crippen LogP) is 3.28. The minimum Gasteiger partial charge on any atom is -0.398 e. The Morgan fingerprint density at radius 1 is 1.20 bits per heavy atom. The molecular formula is C16H12FN3. The molecule has 0 unspecified atom stereocenters. The SMILES string of the molecule is N#Cc1ccc(F)c(Cn2ccc3c(N)cccc32)c1. The van der Waals surface area contributed by atoms with Gasteiger partial charge in [0, 0.05) is 22.8 Å². The van der Waals surface area contributed by atoms with Gasteiger partial charge in [0.25, 0.3) is 0 Å². The van der Waals surface area contributed by atoms with Gasteiger partial charge in [0.2, 0.25) is 0 Å². The molecule has 0 saturated heterocycles. The Morgan fingerprint density at radius 3 is 2.85 bits per heavy atom. The van der Waals surface area contributed by atoms with E-state index < -0.39 is 0 Å². The van der Waals surface area contributed by atoms with Gasteiger partial charge >= 0.3 is 0 Å². The molecule has 2 N–H and O–H groups in total. The van der Waals surface area contributed by atoms with Crippen molar-refractivity contribution in [2.24, 2.45) is 0 Å². The van der Waals surface area contributed by atoms with E-state index >= 15 is 0 Å². The Labute approximate surface area is 115 Å². The molecule has 0 saturated carbocycles. The molecule has 20 heavy (non-hydrogen) atoms. The lowest BCUT2D eigenvalue weighted by atomic mass is 10.1. The zero-order chi connectivity index (χ0) is 14.1. The second kappa shape index (κ2) is 4.71. The molecule has 0 atom stereocenters. The van der Waals surface area contributed by atoms with Crippen LogP contribution in [0.4, 0.5) is 10.1 Å². The van der Waals surface area contributed by atoms with Crippen LogP contribution in [0.25, 0.3) is 10.9 Å². The fourth-order valence-corrected chi connectivity index (χ4v) is 2.33. The number of nitrogens with two attached hydrogens (primary N) is 1. The molecule has 4 heteroatoms. The number of nitriles is 1. The van der Waals surface area contributed by atoms with Crippen LogP contribution in [0.5, 0.6) is 0 Å². The Balaban J connectivity index is 2.06. The molecule has 0 aliphatic rings. The lowest BCUT2D eigenvalue weighted by molar-refractivity contribution is 0.602. The van der Waals surface area contributed by atoms with Gasteiger partial charge in [-0.15, -0.1) is 0 Å². The quantitative estimate of drug-likeness (QED) is 0.723. The Hall–Kier alpha value is -2.80. The lowest BCUT2D eigenvalue weighted by Gasteiger charge is -2.08. The third kappa shape index (κ3) is 1.99. The molecule has 98 valence electrons. The number of aromatic nitrogens is 1. The minimum atomic E-state index is -0.310. The molecule has 3 aromatic rings. The summed E-state index contributed by atoms with van der Waals surface area (Å²) >= 11 is 0. The highest BCUT2D eigenvalue weighted by atomic mass is 19.1. The van der Waals surface area contributed by atoms with E-state index in [9.17, 15) is 4.39 Å². The van der Waals surface area contributed by atoms with Crippen LogP contribution in [0, 0.1) is 17.1 Å². The summed E-state index contributed by atoms with van der Waals surface area (Å²) in [6.07, 6.45) is 1.87. The molecule has 2 aromatic carbocycles. The third-order valence-corrected chi connectivity index (χ3v) is 3.36. The van der Waals surface area contributed by atoms with Crippen LogP contribution in [0.1, 0.15) is 11.1 Å². The second-order valence-corrected chi connectivity index (χ2v) is 4.64. The minimum absolute atomic E-state index is 0.310. The first-order valence-electron chi connectivity index (χ1n) is 6.21. The highest BCUT2D eigenvalue weighted by Crippen LogP contribution is 2.23. The standard InChI is InChI=1S/C16H12FN3/c17-14-5-4-11(9-18)8-12(14)10-20-7-6-13-15(19)2-1-3-16(13)20/h1-8H,10,19H2. The number of anilines is 1. The maximum Gasteiger partial charge on any atom is 0.128 e. The Morgan fingerprint density at radius 2 is 2.05 bits per heavy atom. The summed E-state index contributed by atoms with van der Waals surface area (Å²) in [6, 6.07) is 14.0. The normalized spacial score (nSPS) is 10.6. The van der Waals surface area contributed by atoms with Gasteiger partial charge in [0.1, 0.15) is 5.82 Å². The van der Waals surface area contributed by atoms with Crippen molar-refractivity contribution in [2.75, 3.05) is 5.73 Å². The molecular weight excluding hydrogens is 253 g/mol. The molecule has 0 fully saturated rings. The topological polar surface area (TPSA) is 54.7 Å². The van der Waals surface area contributed by atoms with E-state index in [2.05, 4.69) is 0 Å². The molecule has 0 amide bonds. The molecule has 0 aliphatic carbocycles. The van der Waals surface area contributed by atoms with E-state index in [1.54, 1.807) is 6.07 Å². The van der Waals surface area contributed by atoms with E-state index in [0.717, 1.165) is 10.9 Å². The number of benzene rings is 2. The summed E-state index contributed by atoms with van der Waals surface area (Å²) in [6.45, 7) is 0.369. The second-order valence-electron chi connectivity index (χ2n) is 4.64. The van der Waals surface area contributed by atoms with Crippen LogP contribution in [-0.2, 0) is 6.54 Å². The van der Waals surface area contributed by atoms with Crippen molar-refractivity contribution in [3.63, 3.8) is 0 Å². The smallest absolute Gasteiger partial charge is 0.128 e. The average Bonchev–Trinajstić information content (AvgIpc) is 2.86. The van der Waals surface area contributed by atoms with Crippen molar-refractivity contribution in [3.05, 3.63) is 65.6 Å². The van der Waals surface area contributed by atoms with Crippen LogP contribution < -0.4 is 5.73 Å². The molecule has 0 aliphatic heterocycles. The molecule has 1 aromatic heterocycles.